The number of nitrogens with zero attached hydrogens (tertiary/aromatic N) is 2. The molecule has 0 aliphatic heterocycles. The average molecular weight is 579 g/mol. The van der Waals surface area contributed by atoms with Gasteiger partial charge in [-0.2, -0.15) is 50.5 Å². The fraction of sp³-hybridized carbons (Fsp3) is 0.923. The van der Waals surface area contributed by atoms with Crippen LogP contribution in [-0.2, 0) is 0 Å². The molecule has 0 aromatic heterocycles. The molecule has 0 aromatic rings. The Labute approximate surface area is 242 Å². The largest absolute Gasteiger partial charge is 0.351 e. The molecule has 0 N–H and O–H groups in total. The van der Waals surface area contributed by atoms with Gasteiger partial charge in [-0.3, -0.25) is 0 Å². The Morgan fingerprint density at radius 2 is 0.971 bits per heavy atom. The van der Waals surface area contributed by atoms with Gasteiger partial charge in [0.2, 0.25) is 0 Å². The summed E-state index contributed by atoms with van der Waals surface area (Å²) in [6.07, 6.45) is 19.0. The first-order valence-electron chi connectivity index (χ1n) is 13.7. The molecule has 2 atom stereocenters. The highest BCUT2D eigenvalue weighted by Crippen LogP contribution is 2.44. The quantitative estimate of drug-likeness (QED) is 0.119. The van der Waals surface area contributed by atoms with Crippen molar-refractivity contribution in [1.29, 1.82) is 0 Å². The lowest BCUT2D eigenvalue weighted by atomic mass is 9.77. The summed E-state index contributed by atoms with van der Waals surface area (Å²) in [4.78, 5) is 7.06. The molecular formula is C26H46N2S6. The third-order valence-electron chi connectivity index (χ3n) is 8.33. The second-order valence-electron chi connectivity index (χ2n) is 10.7. The molecular weight excluding hydrogens is 533 g/mol. The van der Waals surface area contributed by atoms with Crippen LogP contribution in [0.25, 0.3) is 0 Å². The van der Waals surface area contributed by atoms with Gasteiger partial charge < -0.3 is 9.80 Å². The van der Waals surface area contributed by atoms with Crippen LogP contribution in [0, 0.1) is 11.8 Å². The maximum Gasteiger partial charge on any atom is 0.0836 e. The predicted molar refractivity (Wildman–Crippen MR) is 171 cm³/mol. The zero-order valence-corrected chi connectivity index (χ0v) is 26.0. The zero-order chi connectivity index (χ0) is 24.6. The number of thiocarbonyl (C=S) groups is 2. The summed E-state index contributed by atoms with van der Waals surface area (Å²) >= 11 is 32.3. The van der Waals surface area contributed by atoms with Crippen LogP contribution >= 0.6 is 75.0 Å². The molecule has 3 aliphatic carbocycles. The van der Waals surface area contributed by atoms with Gasteiger partial charge in [0.15, 0.2) is 0 Å². The smallest absolute Gasteiger partial charge is 0.0836 e. The predicted octanol–water partition coefficient (Wildman–Crippen LogP) is 7.87. The van der Waals surface area contributed by atoms with E-state index >= 15 is 0 Å². The van der Waals surface area contributed by atoms with Crippen molar-refractivity contribution in [2.45, 2.75) is 112 Å². The lowest BCUT2D eigenvalue weighted by Crippen LogP contribution is -2.56. The summed E-state index contributed by atoms with van der Waals surface area (Å²) in [5.41, 5.74) is 0. The Morgan fingerprint density at radius 3 is 1.29 bits per heavy atom. The van der Waals surface area contributed by atoms with Crippen molar-refractivity contribution in [1.82, 2.24) is 9.80 Å². The summed E-state index contributed by atoms with van der Waals surface area (Å²) in [5.74, 6) is 2.44. The van der Waals surface area contributed by atoms with Crippen LogP contribution in [0.15, 0.2) is 0 Å². The second-order valence-corrected chi connectivity index (χ2v) is 14.1. The molecule has 2 nitrogen and oxygen atoms in total. The third-order valence-corrected chi connectivity index (χ3v) is 11.4. The molecule has 0 spiro atoms. The van der Waals surface area contributed by atoms with E-state index in [0.29, 0.717) is 11.8 Å². The van der Waals surface area contributed by atoms with E-state index in [1.165, 1.54) is 51.4 Å². The van der Waals surface area contributed by atoms with Gasteiger partial charge in [-0.1, -0.05) is 75.8 Å². The molecule has 8 heteroatoms. The Hall–Kier alpha value is 1.18. The van der Waals surface area contributed by atoms with Crippen molar-refractivity contribution in [3.8, 4) is 0 Å². The molecule has 3 fully saturated rings. The third kappa shape index (κ3) is 7.39. The first-order valence-corrected chi connectivity index (χ1v) is 16.6. The standard InChI is InChI=1S/C26H46N2S6/c29-19-9-17-27(25(33)13-5-1-6-14-25)23(31)21-11-3-4-12-22(21)24(32)28(18-10-20-30)26(34)15-7-2-8-16-26/h21-22,29-30,33-34H,1-20H2. The van der Waals surface area contributed by atoms with Crippen LogP contribution in [0.4, 0.5) is 0 Å². The lowest BCUT2D eigenvalue weighted by molar-refractivity contribution is 0.186. The molecule has 3 rings (SSSR count). The fourth-order valence-corrected chi connectivity index (χ4v) is 8.97. The number of hydrogen-bond acceptors (Lipinski definition) is 6. The minimum absolute atomic E-state index is 0.109. The molecule has 0 amide bonds. The summed E-state index contributed by atoms with van der Waals surface area (Å²) in [6.45, 7) is 1.92. The highest BCUT2D eigenvalue weighted by molar-refractivity contribution is 7.83. The molecule has 3 saturated carbocycles. The van der Waals surface area contributed by atoms with Crippen LogP contribution in [0.5, 0.6) is 0 Å². The first kappa shape index (κ1) is 29.7. The van der Waals surface area contributed by atoms with Crippen LogP contribution in [-0.4, -0.2) is 54.1 Å². The summed E-state index contributed by atoms with van der Waals surface area (Å²) in [6, 6.07) is 0. The maximum atomic E-state index is 6.36. The summed E-state index contributed by atoms with van der Waals surface area (Å²) < 4.78 is 0. The summed E-state index contributed by atoms with van der Waals surface area (Å²) in [5, 5.41) is 0. The van der Waals surface area contributed by atoms with Gasteiger partial charge in [0.05, 0.1) is 19.7 Å². The van der Waals surface area contributed by atoms with Crippen LogP contribution in [0.3, 0.4) is 0 Å². The van der Waals surface area contributed by atoms with E-state index in [4.69, 9.17) is 49.7 Å². The molecule has 0 saturated heterocycles. The van der Waals surface area contributed by atoms with Crippen molar-refractivity contribution in [3.05, 3.63) is 0 Å². The molecule has 0 bridgehead atoms. The van der Waals surface area contributed by atoms with Crippen molar-refractivity contribution in [2.24, 2.45) is 11.8 Å². The molecule has 3 aliphatic rings. The van der Waals surface area contributed by atoms with Gasteiger partial charge in [0.25, 0.3) is 0 Å². The second kappa shape index (κ2) is 14.4. The Morgan fingerprint density at radius 1 is 0.618 bits per heavy atom. The van der Waals surface area contributed by atoms with Crippen molar-refractivity contribution >= 4 is 84.9 Å². The van der Waals surface area contributed by atoms with E-state index < -0.39 is 0 Å². The fourth-order valence-electron chi connectivity index (χ4n) is 6.40. The van der Waals surface area contributed by atoms with Gasteiger partial charge in [0.1, 0.15) is 0 Å². The SMILES string of the molecule is S=C(C1CCCCC1C(=S)N(CCCS)C1(S)CCCCC1)N(CCCS)C1(S)CCCCC1. The van der Waals surface area contributed by atoms with E-state index in [1.807, 2.05) is 0 Å². The first-order chi connectivity index (χ1) is 16.4. The van der Waals surface area contributed by atoms with Crippen LogP contribution < -0.4 is 0 Å². The van der Waals surface area contributed by atoms with E-state index in [0.717, 1.165) is 85.9 Å². The van der Waals surface area contributed by atoms with E-state index in [1.54, 1.807) is 0 Å². The molecule has 2 unspecified atom stereocenters. The van der Waals surface area contributed by atoms with E-state index in [-0.39, 0.29) is 9.74 Å². The minimum atomic E-state index is -0.109. The summed E-state index contributed by atoms with van der Waals surface area (Å²) in [7, 11) is 0. The normalized spacial score (nSPS) is 26.6. The van der Waals surface area contributed by atoms with Crippen LogP contribution in [0.1, 0.15) is 103 Å². The van der Waals surface area contributed by atoms with Crippen molar-refractivity contribution in [3.63, 3.8) is 0 Å². The minimum Gasteiger partial charge on any atom is -0.351 e. The molecule has 0 heterocycles. The maximum absolute atomic E-state index is 6.36. The Kier molecular flexibility index (Phi) is 12.6. The highest BCUT2D eigenvalue weighted by Gasteiger charge is 2.44. The monoisotopic (exact) mass is 578 g/mol. The van der Waals surface area contributed by atoms with Crippen molar-refractivity contribution in [2.75, 3.05) is 24.6 Å². The topological polar surface area (TPSA) is 6.48 Å². The highest BCUT2D eigenvalue weighted by atomic mass is 32.1. The van der Waals surface area contributed by atoms with Crippen LogP contribution in [0.2, 0.25) is 0 Å². The molecule has 196 valence electrons. The van der Waals surface area contributed by atoms with Gasteiger partial charge in [-0.25, -0.2) is 0 Å². The number of hydrogen-bond donors (Lipinski definition) is 4. The van der Waals surface area contributed by atoms with Gasteiger partial charge in [-0.05, 0) is 62.9 Å². The number of rotatable bonds is 10. The zero-order valence-electron chi connectivity index (χ0n) is 20.8. The van der Waals surface area contributed by atoms with E-state index in [2.05, 4.69) is 35.1 Å². The molecule has 0 aromatic carbocycles. The molecule has 34 heavy (non-hydrogen) atoms. The Bertz CT molecular complexity index is 604. The van der Waals surface area contributed by atoms with E-state index in [9.17, 15) is 0 Å². The van der Waals surface area contributed by atoms with Gasteiger partial charge >= 0.3 is 0 Å². The van der Waals surface area contributed by atoms with Crippen molar-refractivity contribution < 1.29 is 0 Å². The molecule has 0 radical (unpaired) electrons. The number of thiol groups is 4. The van der Waals surface area contributed by atoms with Gasteiger partial charge in [-0.15, -0.1) is 0 Å². The van der Waals surface area contributed by atoms with Gasteiger partial charge in [0, 0.05) is 24.9 Å². The lowest BCUT2D eigenvalue weighted by Gasteiger charge is -2.50. The average Bonchev–Trinajstić information content (AvgIpc) is 2.85. The Balaban J connectivity index is 1.85.